The fourth-order valence-electron chi connectivity index (χ4n) is 5.75. The van der Waals surface area contributed by atoms with Crippen molar-refractivity contribution in [1.82, 2.24) is 4.90 Å². The van der Waals surface area contributed by atoms with Crippen LogP contribution in [0.1, 0.15) is 52.7 Å². The summed E-state index contributed by atoms with van der Waals surface area (Å²) < 4.78 is 86.6. The number of hydrogen-bond donors (Lipinski definition) is 2. The minimum atomic E-state index is -5.03. The quantitative estimate of drug-likeness (QED) is 0.448. The number of rotatable bonds is 5. The van der Waals surface area contributed by atoms with Crippen LogP contribution < -0.4 is 0 Å². The molecule has 37 heavy (non-hydrogen) atoms. The Morgan fingerprint density at radius 1 is 1.03 bits per heavy atom. The van der Waals surface area contributed by atoms with Crippen molar-refractivity contribution in [3.05, 3.63) is 70.3 Å². The second-order valence-corrected chi connectivity index (χ2v) is 9.76. The van der Waals surface area contributed by atoms with Crippen LogP contribution in [0.5, 0.6) is 0 Å². The number of fused-ring (bicyclic) bond motifs is 1. The molecule has 1 aliphatic heterocycles. The van der Waals surface area contributed by atoms with Crippen molar-refractivity contribution in [3.63, 3.8) is 0 Å². The summed E-state index contributed by atoms with van der Waals surface area (Å²) in [6.45, 7) is 1.64. The van der Waals surface area contributed by atoms with Crippen molar-refractivity contribution in [2.45, 2.75) is 50.2 Å². The smallest absolute Gasteiger partial charge is 0.416 e. The number of aliphatic hydroxyl groups is 1. The van der Waals surface area contributed by atoms with Crippen LogP contribution in [0.15, 0.2) is 42.5 Å². The van der Waals surface area contributed by atoms with Crippen LogP contribution in [0, 0.1) is 18.8 Å². The van der Waals surface area contributed by atoms with Crippen LogP contribution in [-0.2, 0) is 17.1 Å². The molecule has 1 saturated heterocycles. The fraction of sp³-hybridized carbons (Fsp3) is 0.500. The number of benzene rings is 2. The standard InChI is InChI=1S/C26H27F6NO4/c1-14-4-2-3-5-19(14)23-20-12-33(24(35)36)11-15(20)6-7-21(23)37-22(13-34)16-8-17(25(27,28)29)10-18(9-16)26(30,31)32/h2-5,8-10,15,20-23,34H,6-7,11-13H2,1H3,(H,35,36)/t15-,20-,21+,22-,23+/m1/s1. The first kappa shape index (κ1) is 27.3. The van der Waals surface area contributed by atoms with Crippen molar-refractivity contribution >= 4 is 6.09 Å². The van der Waals surface area contributed by atoms with Crippen LogP contribution in [0.25, 0.3) is 0 Å². The van der Waals surface area contributed by atoms with Gasteiger partial charge in [0.1, 0.15) is 6.10 Å². The van der Waals surface area contributed by atoms with E-state index in [1.807, 2.05) is 31.2 Å². The van der Waals surface area contributed by atoms with Crippen LogP contribution >= 0.6 is 0 Å². The summed E-state index contributed by atoms with van der Waals surface area (Å²) in [7, 11) is 0. The third kappa shape index (κ3) is 5.72. The molecule has 5 nitrogen and oxygen atoms in total. The molecule has 5 atom stereocenters. The van der Waals surface area contributed by atoms with E-state index < -0.39 is 54.0 Å². The molecule has 4 rings (SSSR count). The van der Waals surface area contributed by atoms with Crippen LogP contribution in [0.4, 0.5) is 31.1 Å². The predicted octanol–water partition coefficient (Wildman–Crippen LogP) is 6.25. The number of halogens is 6. The summed E-state index contributed by atoms with van der Waals surface area (Å²) in [5.74, 6) is -0.465. The number of amides is 1. The molecule has 2 fully saturated rings. The first-order chi connectivity index (χ1) is 17.3. The van der Waals surface area contributed by atoms with Gasteiger partial charge < -0.3 is 19.8 Å². The number of hydrogen-bond acceptors (Lipinski definition) is 3. The van der Waals surface area contributed by atoms with Crippen molar-refractivity contribution < 1.29 is 46.1 Å². The second-order valence-electron chi connectivity index (χ2n) is 9.76. The van der Waals surface area contributed by atoms with E-state index in [0.717, 1.165) is 11.1 Å². The zero-order chi connectivity index (χ0) is 27.1. The molecule has 1 aliphatic carbocycles. The zero-order valence-corrected chi connectivity index (χ0v) is 19.9. The Balaban J connectivity index is 1.71. The Morgan fingerprint density at radius 3 is 2.19 bits per heavy atom. The van der Waals surface area contributed by atoms with Gasteiger partial charge in [0.25, 0.3) is 0 Å². The normalized spacial score (nSPS) is 25.1. The summed E-state index contributed by atoms with van der Waals surface area (Å²) in [6.07, 6.45) is -12.2. The topological polar surface area (TPSA) is 70.0 Å². The van der Waals surface area contributed by atoms with Gasteiger partial charge in [0.05, 0.1) is 23.8 Å². The molecule has 0 bridgehead atoms. The molecule has 2 aliphatic rings. The van der Waals surface area contributed by atoms with Gasteiger partial charge in [0, 0.05) is 19.0 Å². The van der Waals surface area contributed by atoms with Gasteiger partial charge in [-0.2, -0.15) is 26.3 Å². The number of alkyl halides is 6. The molecule has 11 heteroatoms. The number of likely N-dealkylation sites (tertiary alicyclic amines) is 1. The van der Waals surface area contributed by atoms with Gasteiger partial charge in [0.2, 0.25) is 0 Å². The summed E-state index contributed by atoms with van der Waals surface area (Å²) in [6, 6.07) is 8.61. The highest BCUT2D eigenvalue weighted by Gasteiger charge is 2.48. The van der Waals surface area contributed by atoms with Crippen molar-refractivity contribution in [3.8, 4) is 0 Å². The number of nitrogens with zero attached hydrogens (tertiary/aromatic N) is 1. The highest BCUT2D eigenvalue weighted by molar-refractivity contribution is 5.65. The number of carboxylic acid groups (broad SMARTS) is 1. The first-order valence-corrected chi connectivity index (χ1v) is 11.9. The molecule has 2 N–H and O–H groups in total. The summed E-state index contributed by atoms with van der Waals surface area (Å²) in [5, 5.41) is 19.6. The third-order valence-electron chi connectivity index (χ3n) is 7.48. The van der Waals surface area contributed by atoms with Gasteiger partial charge in [-0.3, -0.25) is 0 Å². The number of aliphatic hydroxyl groups excluding tert-OH is 1. The molecule has 2 aromatic carbocycles. The maximum atomic E-state index is 13.4. The van der Waals surface area contributed by atoms with E-state index in [9.17, 15) is 41.4 Å². The van der Waals surface area contributed by atoms with E-state index in [-0.39, 0.29) is 30.4 Å². The summed E-state index contributed by atoms with van der Waals surface area (Å²) in [5.41, 5.74) is -1.59. The lowest BCUT2D eigenvalue weighted by Gasteiger charge is -2.41. The highest BCUT2D eigenvalue weighted by Crippen LogP contribution is 2.48. The minimum Gasteiger partial charge on any atom is -0.465 e. The average molecular weight is 531 g/mol. The summed E-state index contributed by atoms with van der Waals surface area (Å²) >= 11 is 0. The van der Waals surface area contributed by atoms with Crippen LogP contribution in [0.2, 0.25) is 0 Å². The van der Waals surface area contributed by atoms with Gasteiger partial charge in [0.15, 0.2) is 0 Å². The molecule has 0 aromatic heterocycles. The SMILES string of the molecule is Cc1ccccc1[C@H]1[C@@H]2CN(C(=O)O)C[C@H]2CC[C@@H]1O[C@H](CO)c1cc(C(F)(F)F)cc(C(F)(F)F)c1. The average Bonchev–Trinajstić information content (AvgIpc) is 3.26. The van der Waals surface area contributed by atoms with E-state index in [2.05, 4.69) is 0 Å². The lowest BCUT2D eigenvalue weighted by Crippen LogP contribution is -2.39. The maximum absolute atomic E-state index is 13.4. The maximum Gasteiger partial charge on any atom is 0.416 e. The van der Waals surface area contributed by atoms with Crippen LogP contribution in [-0.4, -0.2) is 47.0 Å². The predicted molar refractivity (Wildman–Crippen MR) is 121 cm³/mol. The largest absolute Gasteiger partial charge is 0.465 e. The Labute approximate surface area is 209 Å². The lowest BCUT2D eigenvalue weighted by atomic mass is 9.68. The van der Waals surface area contributed by atoms with Crippen molar-refractivity contribution in [2.75, 3.05) is 19.7 Å². The Kier molecular flexibility index (Phi) is 7.49. The van der Waals surface area contributed by atoms with E-state index in [1.165, 1.54) is 4.90 Å². The van der Waals surface area contributed by atoms with Gasteiger partial charge in [-0.05, 0) is 66.5 Å². The Morgan fingerprint density at radius 2 is 1.65 bits per heavy atom. The second kappa shape index (κ2) is 10.2. The Hall–Kier alpha value is -2.79. The van der Waals surface area contributed by atoms with Crippen LogP contribution in [0.3, 0.4) is 0 Å². The fourth-order valence-corrected chi connectivity index (χ4v) is 5.75. The number of ether oxygens (including phenoxy) is 1. The molecule has 1 amide bonds. The molecule has 1 saturated carbocycles. The molecule has 0 unspecified atom stereocenters. The van der Waals surface area contributed by atoms with E-state index in [0.29, 0.717) is 31.5 Å². The van der Waals surface area contributed by atoms with Gasteiger partial charge in [-0.1, -0.05) is 24.3 Å². The Bertz CT molecular complexity index is 1100. The van der Waals surface area contributed by atoms with Crippen molar-refractivity contribution in [1.29, 1.82) is 0 Å². The molecule has 2 aromatic rings. The summed E-state index contributed by atoms with van der Waals surface area (Å²) in [4.78, 5) is 13.0. The molecule has 0 spiro atoms. The molecular weight excluding hydrogens is 504 g/mol. The monoisotopic (exact) mass is 531 g/mol. The lowest BCUT2D eigenvalue weighted by molar-refractivity contribution is -0.143. The molecule has 1 heterocycles. The van der Waals surface area contributed by atoms with E-state index in [4.69, 9.17) is 4.74 Å². The van der Waals surface area contributed by atoms with Crippen molar-refractivity contribution in [2.24, 2.45) is 11.8 Å². The van der Waals surface area contributed by atoms with E-state index >= 15 is 0 Å². The van der Waals surface area contributed by atoms with Gasteiger partial charge in [-0.15, -0.1) is 0 Å². The molecule has 202 valence electrons. The van der Waals surface area contributed by atoms with Gasteiger partial charge >= 0.3 is 18.4 Å². The zero-order valence-electron chi connectivity index (χ0n) is 19.9. The number of carbonyl (C=O) groups is 1. The van der Waals surface area contributed by atoms with Gasteiger partial charge in [-0.25, -0.2) is 4.79 Å². The first-order valence-electron chi connectivity index (χ1n) is 11.9. The molecular formula is C26H27F6NO4. The minimum absolute atomic E-state index is 0.0400. The number of aryl methyl sites for hydroxylation is 1. The molecule has 0 radical (unpaired) electrons. The highest BCUT2D eigenvalue weighted by atomic mass is 19.4. The van der Waals surface area contributed by atoms with E-state index in [1.54, 1.807) is 0 Å². The third-order valence-corrected chi connectivity index (χ3v) is 7.48.